The van der Waals surface area contributed by atoms with Crippen molar-refractivity contribution in [1.29, 1.82) is 0 Å². The Labute approximate surface area is 150 Å². The summed E-state index contributed by atoms with van der Waals surface area (Å²) in [6, 6.07) is 11.5. The molecule has 2 aromatic carbocycles. The maximum Gasteiger partial charge on any atom is 0.344 e. The molecule has 0 N–H and O–H groups in total. The van der Waals surface area contributed by atoms with Gasteiger partial charge in [0.25, 0.3) is 0 Å². The van der Waals surface area contributed by atoms with Crippen molar-refractivity contribution >= 4 is 23.4 Å². The molecule has 0 aliphatic carbocycles. The van der Waals surface area contributed by atoms with E-state index >= 15 is 0 Å². The van der Waals surface area contributed by atoms with Crippen molar-refractivity contribution in [3.8, 4) is 17.2 Å². The van der Waals surface area contributed by atoms with Crippen LogP contribution in [0.25, 0.3) is 0 Å². The Morgan fingerprint density at radius 3 is 2.24 bits per heavy atom. The van der Waals surface area contributed by atoms with E-state index < -0.39 is 12.6 Å². The summed E-state index contributed by atoms with van der Waals surface area (Å²) < 4.78 is 20.4. The van der Waals surface area contributed by atoms with Crippen LogP contribution in [0.2, 0.25) is 5.02 Å². The number of rotatable bonds is 8. The highest BCUT2D eigenvalue weighted by atomic mass is 35.5. The van der Waals surface area contributed by atoms with Crippen molar-refractivity contribution in [3.63, 3.8) is 0 Å². The summed E-state index contributed by atoms with van der Waals surface area (Å²) in [6.45, 7) is -0.742. The number of ketones is 1. The van der Waals surface area contributed by atoms with Crippen LogP contribution in [0.3, 0.4) is 0 Å². The molecular weight excluding hydrogens is 348 g/mol. The lowest BCUT2D eigenvalue weighted by Gasteiger charge is -2.10. The number of benzene rings is 2. The van der Waals surface area contributed by atoms with Gasteiger partial charge in [-0.25, -0.2) is 4.79 Å². The molecule has 132 valence electrons. The summed E-state index contributed by atoms with van der Waals surface area (Å²) in [5, 5.41) is 0.305. The Kier molecular flexibility index (Phi) is 6.65. The van der Waals surface area contributed by atoms with Crippen LogP contribution < -0.4 is 14.2 Å². The van der Waals surface area contributed by atoms with Gasteiger partial charge < -0.3 is 18.9 Å². The second-order valence-electron chi connectivity index (χ2n) is 4.87. The number of esters is 1. The molecule has 0 amide bonds. The van der Waals surface area contributed by atoms with Crippen LogP contribution in [0.15, 0.2) is 42.5 Å². The van der Waals surface area contributed by atoms with Gasteiger partial charge in [-0.3, -0.25) is 4.79 Å². The van der Waals surface area contributed by atoms with Gasteiger partial charge >= 0.3 is 5.97 Å². The highest BCUT2D eigenvalue weighted by Crippen LogP contribution is 2.26. The fraction of sp³-hybridized carbons (Fsp3) is 0.222. The molecule has 0 fully saturated rings. The van der Waals surface area contributed by atoms with E-state index in [9.17, 15) is 9.59 Å². The monoisotopic (exact) mass is 364 g/mol. The van der Waals surface area contributed by atoms with Gasteiger partial charge in [0.15, 0.2) is 30.5 Å². The minimum Gasteiger partial charge on any atom is -0.495 e. The molecule has 25 heavy (non-hydrogen) atoms. The number of hydrogen-bond donors (Lipinski definition) is 0. The maximum atomic E-state index is 12.0. The van der Waals surface area contributed by atoms with Crippen molar-refractivity contribution in [2.24, 2.45) is 0 Å². The molecule has 0 saturated heterocycles. The third kappa shape index (κ3) is 5.12. The average Bonchev–Trinajstić information content (AvgIpc) is 2.64. The van der Waals surface area contributed by atoms with Crippen molar-refractivity contribution in [2.45, 2.75) is 0 Å². The van der Waals surface area contributed by atoms with Crippen LogP contribution in [0, 0.1) is 0 Å². The molecule has 0 aliphatic rings. The van der Waals surface area contributed by atoms with E-state index in [0.717, 1.165) is 0 Å². The van der Waals surface area contributed by atoms with Gasteiger partial charge in [-0.15, -0.1) is 0 Å². The van der Waals surface area contributed by atoms with E-state index in [4.69, 9.17) is 30.5 Å². The lowest BCUT2D eigenvalue weighted by molar-refractivity contribution is -0.144. The summed E-state index contributed by atoms with van der Waals surface area (Å²) >= 11 is 5.97. The number of methoxy groups -OCH3 is 2. The zero-order valence-corrected chi connectivity index (χ0v) is 14.5. The largest absolute Gasteiger partial charge is 0.495 e. The minimum atomic E-state index is -0.668. The molecule has 2 rings (SSSR count). The number of hydrogen-bond acceptors (Lipinski definition) is 6. The van der Waals surface area contributed by atoms with E-state index in [2.05, 4.69) is 0 Å². The smallest absolute Gasteiger partial charge is 0.344 e. The van der Waals surface area contributed by atoms with Crippen molar-refractivity contribution < 1.29 is 28.5 Å². The molecule has 6 nitrogen and oxygen atoms in total. The lowest BCUT2D eigenvalue weighted by Crippen LogP contribution is -2.19. The first-order valence-corrected chi connectivity index (χ1v) is 7.71. The van der Waals surface area contributed by atoms with Crippen LogP contribution in [0.4, 0.5) is 0 Å². The Bertz CT molecular complexity index is 759. The Balaban J connectivity index is 1.85. The highest BCUT2D eigenvalue weighted by Gasteiger charge is 2.13. The van der Waals surface area contributed by atoms with Crippen molar-refractivity contribution in [3.05, 3.63) is 53.1 Å². The first-order chi connectivity index (χ1) is 12.0. The molecule has 0 heterocycles. The topological polar surface area (TPSA) is 71.1 Å². The van der Waals surface area contributed by atoms with Gasteiger partial charge in [-0.05, 0) is 30.3 Å². The molecule has 0 unspecified atom stereocenters. The normalized spacial score (nSPS) is 10.0. The summed E-state index contributed by atoms with van der Waals surface area (Å²) in [5.74, 6) is 0.323. The Hall–Kier alpha value is -2.73. The van der Waals surface area contributed by atoms with E-state index in [1.165, 1.54) is 20.3 Å². The van der Waals surface area contributed by atoms with Gasteiger partial charge in [0, 0.05) is 5.56 Å². The quantitative estimate of drug-likeness (QED) is 0.529. The van der Waals surface area contributed by atoms with Gasteiger partial charge in [0.05, 0.1) is 19.2 Å². The first kappa shape index (κ1) is 18.6. The second-order valence-corrected chi connectivity index (χ2v) is 5.28. The van der Waals surface area contributed by atoms with Crippen LogP contribution in [-0.4, -0.2) is 39.2 Å². The van der Waals surface area contributed by atoms with Crippen LogP contribution in [0.5, 0.6) is 17.2 Å². The first-order valence-electron chi connectivity index (χ1n) is 7.33. The third-order valence-electron chi connectivity index (χ3n) is 3.25. The third-order valence-corrected chi connectivity index (χ3v) is 3.55. The predicted octanol–water partition coefficient (Wildman–Crippen LogP) is 3.16. The minimum absolute atomic E-state index is 0.305. The number of carbonyl (C=O) groups excluding carboxylic acids is 2. The van der Waals surface area contributed by atoms with E-state index in [1.54, 1.807) is 36.4 Å². The maximum absolute atomic E-state index is 12.0. The second kappa shape index (κ2) is 8.94. The fourth-order valence-electron chi connectivity index (χ4n) is 1.99. The van der Waals surface area contributed by atoms with Gasteiger partial charge in [-0.1, -0.05) is 23.7 Å². The number of para-hydroxylation sites is 2. The van der Waals surface area contributed by atoms with Crippen LogP contribution >= 0.6 is 11.6 Å². The molecule has 0 aliphatic heterocycles. The number of Topliss-reactive ketones (excluding diaryl/α,β-unsaturated/α-hetero) is 1. The van der Waals surface area contributed by atoms with Crippen molar-refractivity contribution in [2.75, 3.05) is 27.4 Å². The molecule has 0 bridgehead atoms. The van der Waals surface area contributed by atoms with E-state index in [0.29, 0.717) is 27.8 Å². The standard InChI is InChI=1S/C18H17ClO6/c1-22-15-8-7-12(9-13(15)19)14(20)10-25-18(21)11-24-17-6-4-3-5-16(17)23-2/h3-9H,10-11H2,1-2H3. The predicted molar refractivity (Wildman–Crippen MR) is 91.8 cm³/mol. The van der Waals surface area contributed by atoms with Crippen LogP contribution in [-0.2, 0) is 9.53 Å². The molecule has 0 atom stereocenters. The van der Waals surface area contributed by atoms with Crippen LogP contribution in [0.1, 0.15) is 10.4 Å². The molecule has 7 heteroatoms. The van der Waals surface area contributed by atoms with Gasteiger partial charge in [0.1, 0.15) is 5.75 Å². The molecule has 0 spiro atoms. The summed E-state index contributed by atoms with van der Waals surface area (Å²) in [4.78, 5) is 23.8. The summed E-state index contributed by atoms with van der Waals surface area (Å²) in [5.41, 5.74) is 0.323. The van der Waals surface area contributed by atoms with Gasteiger partial charge in [0.2, 0.25) is 0 Å². The summed E-state index contributed by atoms with van der Waals surface area (Å²) in [6.07, 6.45) is 0. The molecular formula is C18H17ClO6. The highest BCUT2D eigenvalue weighted by molar-refractivity contribution is 6.32. The fourth-order valence-corrected chi connectivity index (χ4v) is 2.24. The van der Waals surface area contributed by atoms with E-state index in [1.807, 2.05) is 0 Å². The number of ether oxygens (including phenoxy) is 4. The number of halogens is 1. The molecule has 2 aromatic rings. The Morgan fingerprint density at radius 1 is 0.920 bits per heavy atom. The van der Waals surface area contributed by atoms with Crippen molar-refractivity contribution in [1.82, 2.24) is 0 Å². The summed E-state index contributed by atoms with van der Waals surface area (Å²) in [7, 11) is 2.98. The number of carbonyl (C=O) groups is 2. The zero-order valence-electron chi connectivity index (χ0n) is 13.8. The molecule has 0 saturated carbocycles. The van der Waals surface area contributed by atoms with E-state index in [-0.39, 0.29) is 12.4 Å². The zero-order chi connectivity index (χ0) is 18.2. The molecule has 0 aromatic heterocycles. The lowest BCUT2D eigenvalue weighted by atomic mass is 10.1. The molecule has 0 radical (unpaired) electrons. The average molecular weight is 365 g/mol. The van der Waals surface area contributed by atoms with Gasteiger partial charge in [-0.2, -0.15) is 0 Å². The Morgan fingerprint density at radius 2 is 1.60 bits per heavy atom. The SMILES string of the molecule is COc1ccc(C(=O)COC(=O)COc2ccccc2OC)cc1Cl.